The van der Waals surface area contributed by atoms with Gasteiger partial charge < -0.3 is 10.2 Å². The third kappa shape index (κ3) is 7.64. The second-order valence-electron chi connectivity index (χ2n) is 11.4. The van der Waals surface area contributed by atoms with Crippen LogP contribution >= 0.6 is 11.8 Å². The SMILES string of the molecule is CC(C)(C)c1cc(SCCc2ccc(C(=O)NS(=O)(=O)c3ccc(C(=O)O)cc3)cc2)cc(C(C)(C)C)c1O. The van der Waals surface area contributed by atoms with Crippen LogP contribution in [0.3, 0.4) is 0 Å². The number of rotatable bonds is 8. The maximum atomic E-state index is 12.6. The summed E-state index contributed by atoms with van der Waals surface area (Å²) in [6.07, 6.45) is 0.734. The predicted octanol–water partition coefficient (Wildman–Crippen LogP) is 6.14. The first-order valence-corrected chi connectivity index (χ1v) is 15.0. The lowest BCUT2D eigenvalue weighted by Gasteiger charge is -2.28. The van der Waals surface area contributed by atoms with Crippen LogP contribution in [0.4, 0.5) is 0 Å². The van der Waals surface area contributed by atoms with E-state index >= 15 is 0 Å². The average molecular weight is 570 g/mol. The molecule has 0 heterocycles. The molecule has 208 valence electrons. The van der Waals surface area contributed by atoms with Crippen LogP contribution in [0.15, 0.2) is 70.5 Å². The van der Waals surface area contributed by atoms with Gasteiger partial charge in [-0.05, 0) is 71.3 Å². The van der Waals surface area contributed by atoms with Crippen molar-refractivity contribution in [2.75, 3.05) is 5.75 Å². The Balaban J connectivity index is 1.66. The van der Waals surface area contributed by atoms with Crippen LogP contribution in [0.25, 0.3) is 0 Å². The van der Waals surface area contributed by atoms with Crippen molar-refractivity contribution in [3.8, 4) is 5.75 Å². The first kappa shape index (κ1) is 30.2. The van der Waals surface area contributed by atoms with E-state index in [1.807, 2.05) is 4.72 Å². The summed E-state index contributed by atoms with van der Waals surface area (Å²) in [6, 6.07) is 15.5. The standard InChI is InChI=1S/C30H35NO6S2/c1-29(2,3)24-17-22(18-25(26(24)32)30(4,5)6)38-16-15-19-7-9-20(10-8-19)27(33)31-39(36,37)23-13-11-21(12-14-23)28(34)35/h7-14,17-18,32H,15-16H2,1-6H3,(H,31,33)(H,34,35). The van der Waals surface area contributed by atoms with Gasteiger partial charge in [0.1, 0.15) is 5.75 Å². The Morgan fingerprint density at radius 2 is 1.31 bits per heavy atom. The molecule has 0 fully saturated rings. The summed E-state index contributed by atoms with van der Waals surface area (Å²) in [4.78, 5) is 24.4. The van der Waals surface area contributed by atoms with Gasteiger partial charge in [0, 0.05) is 27.3 Å². The Kier molecular flexibility index (Phi) is 8.87. The number of hydrogen-bond donors (Lipinski definition) is 3. The molecule has 3 N–H and O–H groups in total. The monoisotopic (exact) mass is 569 g/mol. The Bertz CT molecular complexity index is 1430. The molecule has 0 saturated heterocycles. The summed E-state index contributed by atoms with van der Waals surface area (Å²) in [5.41, 5.74) is 2.57. The second kappa shape index (κ2) is 11.4. The molecule has 0 aliphatic rings. The van der Waals surface area contributed by atoms with Crippen molar-refractivity contribution >= 4 is 33.7 Å². The Hall–Kier alpha value is -3.30. The van der Waals surface area contributed by atoms with Crippen LogP contribution in [0.2, 0.25) is 0 Å². The average Bonchev–Trinajstić information content (AvgIpc) is 2.83. The van der Waals surface area contributed by atoms with E-state index in [4.69, 9.17) is 5.11 Å². The minimum atomic E-state index is -4.15. The number of carboxylic acid groups (broad SMARTS) is 1. The lowest BCUT2D eigenvalue weighted by atomic mass is 9.79. The molecule has 0 aliphatic carbocycles. The number of carbonyl (C=O) groups excluding carboxylic acids is 1. The smallest absolute Gasteiger partial charge is 0.335 e. The van der Waals surface area contributed by atoms with Crippen LogP contribution < -0.4 is 4.72 Å². The summed E-state index contributed by atoms with van der Waals surface area (Å²) in [5.74, 6) is -0.808. The number of carboxylic acids is 1. The Morgan fingerprint density at radius 3 is 1.77 bits per heavy atom. The quantitative estimate of drug-likeness (QED) is 0.279. The summed E-state index contributed by atoms with van der Waals surface area (Å²) >= 11 is 1.70. The predicted molar refractivity (Wildman–Crippen MR) is 154 cm³/mol. The van der Waals surface area contributed by atoms with Gasteiger partial charge in [-0.15, -0.1) is 11.8 Å². The summed E-state index contributed by atoms with van der Waals surface area (Å²) < 4.78 is 27.1. The zero-order valence-electron chi connectivity index (χ0n) is 23.0. The van der Waals surface area contributed by atoms with E-state index in [1.54, 1.807) is 36.0 Å². The van der Waals surface area contributed by atoms with Crippen molar-refractivity contribution < 1.29 is 28.2 Å². The molecule has 0 aromatic heterocycles. The molecule has 3 aromatic rings. The van der Waals surface area contributed by atoms with E-state index in [1.165, 1.54) is 12.1 Å². The third-order valence-electron chi connectivity index (χ3n) is 6.21. The molecule has 39 heavy (non-hydrogen) atoms. The topological polar surface area (TPSA) is 121 Å². The van der Waals surface area contributed by atoms with Crippen LogP contribution in [-0.4, -0.2) is 36.3 Å². The van der Waals surface area contributed by atoms with Gasteiger partial charge in [0.05, 0.1) is 10.5 Å². The molecule has 1 amide bonds. The molecule has 9 heteroatoms. The number of aromatic hydroxyl groups is 1. The van der Waals surface area contributed by atoms with Gasteiger partial charge in [-0.2, -0.15) is 0 Å². The number of sulfonamides is 1. The molecule has 0 atom stereocenters. The molecule has 3 rings (SSSR count). The van der Waals surface area contributed by atoms with Crippen molar-refractivity contribution in [2.24, 2.45) is 0 Å². The van der Waals surface area contributed by atoms with Crippen LogP contribution in [-0.2, 0) is 27.3 Å². The number of phenols is 1. The molecule has 3 aromatic carbocycles. The molecular formula is C30H35NO6S2. The van der Waals surface area contributed by atoms with Crippen molar-refractivity contribution in [3.05, 3.63) is 88.5 Å². The lowest BCUT2D eigenvalue weighted by Crippen LogP contribution is -2.30. The third-order valence-corrected chi connectivity index (χ3v) is 8.54. The number of aromatic carboxylic acids is 1. The molecule has 0 saturated carbocycles. The van der Waals surface area contributed by atoms with E-state index in [0.717, 1.165) is 45.9 Å². The van der Waals surface area contributed by atoms with E-state index < -0.39 is 21.9 Å². The number of hydrogen-bond acceptors (Lipinski definition) is 6. The van der Waals surface area contributed by atoms with Crippen molar-refractivity contribution in [2.45, 2.75) is 68.6 Å². The highest BCUT2D eigenvalue weighted by Gasteiger charge is 2.26. The number of nitrogens with one attached hydrogen (secondary N) is 1. The normalized spacial score (nSPS) is 12.3. The van der Waals surface area contributed by atoms with Crippen molar-refractivity contribution in [1.82, 2.24) is 4.72 Å². The van der Waals surface area contributed by atoms with Crippen LogP contribution in [0.5, 0.6) is 5.75 Å². The maximum Gasteiger partial charge on any atom is 0.335 e. The zero-order chi connectivity index (χ0) is 29.2. The zero-order valence-corrected chi connectivity index (χ0v) is 24.7. The molecule has 0 unspecified atom stereocenters. The number of aryl methyl sites for hydroxylation is 1. The van der Waals surface area contributed by atoms with Gasteiger partial charge in [0.25, 0.3) is 15.9 Å². The molecule has 0 bridgehead atoms. The number of thioether (sulfide) groups is 1. The molecule has 7 nitrogen and oxygen atoms in total. The minimum Gasteiger partial charge on any atom is -0.507 e. The van der Waals surface area contributed by atoms with E-state index in [0.29, 0.717) is 5.75 Å². The first-order chi connectivity index (χ1) is 18.0. The highest BCUT2D eigenvalue weighted by Crippen LogP contribution is 2.41. The van der Waals surface area contributed by atoms with Gasteiger partial charge in [0.2, 0.25) is 0 Å². The molecule has 0 radical (unpaired) electrons. The second-order valence-corrected chi connectivity index (χ2v) is 14.3. The molecular weight excluding hydrogens is 534 g/mol. The molecule has 0 spiro atoms. The minimum absolute atomic E-state index is 0.0521. The van der Waals surface area contributed by atoms with E-state index in [9.17, 15) is 23.1 Å². The van der Waals surface area contributed by atoms with Gasteiger partial charge >= 0.3 is 5.97 Å². The fourth-order valence-corrected chi connectivity index (χ4v) is 5.91. The number of phenolic OH excluding ortho intramolecular Hbond substituents is 1. The summed E-state index contributed by atoms with van der Waals surface area (Å²) in [5, 5.41) is 19.9. The highest BCUT2D eigenvalue weighted by molar-refractivity contribution is 7.99. The fourth-order valence-electron chi connectivity index (χ4n) is 3.96. The molecule has 0 aliphatic heterocycles. The van der Waals surface area contributed by atoms with Crippen LogP contribution in [0.1, 0.15) is 78.9 Å². The fraction of sp³-hybridized carbons (Fsp3) is 0.333. The van der Waals surface area contributed by atoms with Gasteiger partial charge in [-0.25, -0.2) is 17.9 Å². The number of carbonyl (C=O) groups is 2. The first-order valence-electron chi connectivity index (χ1n) is 12.5. The van der Waals surface area contributed by atoms with Crippen molar-refractivity contribution in [1.29, 1.82) is 0 Å². The largest absolute Gasteiger partial charge is 0.507 e. The lowest BCUT2D eigenvalue weighted by molar-refractivity contribution is 0.0696. The maximum absolute atomic E-state index is 12.6. The van der Waals surface area contributed by atoms with E-state index in [2.05, 4.69) is 53.7 Å². The summed E-state index contributed by atoms with van der Waals surface area (Å²) in [7, 11) is -4.15. The van der Waals surface area contributed by atoms with E-state index in [-0.39, 0.29) is 26.9 Å². The van der Waals surface area contributed by atoms with Gasteiger partial charge in [-0.3, -0.25) is 4.79 Å². The summed E-state index contributed by atoms with van der Waals surface area (Å²) in [6.45, 7) is 12.5. The van der Waals surface area contributed by atoms with Crippen molar-refractivity contribution in [3.63, 3.8) is 0 Å². The number of benzene rings is 3. The number of amides is 1. The van der Waals surface area contributed by atoms with Gasteiger partial charge in [-0.1, -0.05) is 53.7 Å². The highest BCUT2D eigenvalue weighted by atomic mass is 32.2. The van der Waals surface area contributed by atoms with Crippen LogP contribution in [0, 0.1) is 0 Å². The Labute approximate surface area is 234 Å². The Morgan fingerprint density at radius 1 is 0.821 bits per heavy atom. The van der Waals surface area contributed by atoms with Gasteiger partial charge in [0.15, 0.2) is 0 Å².